The number of benzene rings is 1. The minimum Gasteiger partial charge on any atom is -0.457 e. The highest BCUT2D eigenvalue weighted by Gasteiger charge is 2.14. The summed E-state index contributed by atoms with van der Waals surface area (Å²) in [6.07, 6.45) is 0. The number of carbonyl (C=O) groups excluding carboxylic acids is 1. The minimum atomic E-state index is -0.296. The van der Waals surface area contributed by atoms with Crippen LogP contribution >= 0.6 is 22.7 Å². The van der Waals surface area contributed by atoms with Crippen molar-refractivity contribution in [2.24, 2.45) is 0 Å². The molecule has 19 heavy (non-hydrogen) atoms. The van der Waals surface area contributed by atoms with E-state index in [1.54, 1.807) is 16.8 Å². The molecule has 5 heteroatoms. The Balaban J connectivity index is 1.76. The molecule has 3 nitrogen and oxygen atoms in total. The van der Waals surface area contributed by atoms with Gasteiger partial charge in [-0.1, -0.05) is 18.2 Å². The first-order valence-corrected chi connectivity index (χ1v) is 7.54. The largest absolute Gasteiger partial charge is 0.457 e. The third-order valence-corrected chi connectivity index (χ3v) is 4.77. The van der Waals surface area contributed by atoms with Crippen LogP contribution in [-0.4, -0.2) is 11.0 Å². The molecular weight excluding hydrogens is 278 g/mol. The number of hydrogen-bond acceptors (Lipinski definition) is 5. The molecule has 0 saturated carbocycles. The average molecular weight is 289 g/mol. The second kappa shape index (κ2) is 5.11. The SMILES string of the molecule is Cc1ncsc1C(=O)OCc1csc2ccccc12. The molecule has 0 spiro atoms. The van der Waals surface area contributed by atoms with Crippen LogP contribution in [0.1, 0.15) is 20.9 Å². The van der Waals surface area contributed by atoms with Gasteiger partial charge < -0.3 is 4.74 Å². The third-order valence-electron chi connectivity index (χ3n) is 2.85. The lowest BCUT2D eigenvalue weighted by Gasteiger charge is -2.02. The Bertz CT molecular complexity index is 730. The second-order valence-electron chi connectivity index (χ2n) is 4.10. The number of ether oxygens (including phenoxy) is 1. The van der Waals surface area contributed by atoms with Gasteiger partial charge in [0.1, 0.15) is 11.5 Å². The van der Waals surface area contributed by atoms with Crippen LogP contribution in [0.4, 0.5) is 0 Å². The molecule has 0 saturated heterocycles. The van der Waals surface area contributed by atoms with Crippen molar-refractivity contribution in [3.8, 4) is 0 Å². The summed E-state index contributed by atoms with van der Waals surface area (Å²) in [5, 5.41) is 3.19. The molecule has 0 amide bonds. The van der Waals surface area contributed by atoms with E-state index in [-0.39, 0.29) is 5.97 Å². The molecule has 0 radical (unpaired) electrons. The topological polar surface area (TPSA) is 39.2 Å². The van der Waals surface area contributed by atoms with Crippen molar-refractivity contribution in [1.82, 2.24) is 4.98 Å². The van der Waals surface area contributed by atoms with Gasteiger partial charge in [0.25, 0.3) is 0 Å². The van der Waals surface area contributed by atoms with Gasteiger partial charge in [0.05, 0.1) is 11.2 Å². The molecule has 0 fully saturated rings. The van der Waals surface area contributed by atoms with Gasteiger partial charge in [-0.05, 0) is 23.8 Å². The van der Waals surface area contributed by atoms with Crippen molar-refractivity contribution < 1.29 is 9.53 Å². The average Bonchev–Trinajstić information content (AvgIpc) is 3.02. The molecule has 0 unspecified atom stereocenters. The number of aryl methyl sites for hydroxylation is 1. The fraction of sp³-hybridized carbons (Fsp3) is 0.143. The lowest BCUT2D eigenvalue weighted by molar-refractivity contribution is 0.0479. The fourth-order valence-corrected chi connectivity index (χ4v) is 3.49. The van der Waals surface area contributed by atoms with Crippen LogP contribution in [0.2, 0.25) is 0 Å². The maximum absolute atomic E-state index is 11.9. The molecule has 0 bridgehead atoms. The zero-order chi connectivity index (χ0) is 13.2. The van der Waals surface area contributed by atoms with Crippen LogP contribution in [0.5, 0.6) is 0 Å². The quantitative estimate of drug-likeness (QED) is 0.683. The van der Waals surface area contributed by atoms with Gasteiger partial charge in [0, 0.05) is 10.3 Å². The van der Waals surface area contributed by atoms with E-state index in [0.717, 1.165) is 16.6 Å². The van der Waals surface area contributed by atoms with E-state index >= 15 is 0 Å². The number of aromatic nitrogens is 1. The minimum absolute atomic E-state index is 0.296. The number of esters is 1. The van der Waals surface area contributed by atoms with E-state index in [1.807, 2.05) is 30.5 Å². The van der Waals surface area contributed by atoms with Gasteiger partial charge in [0.2, 0.25) is 0 Å². The monoisotopic (exact) mass is 289 g/mol. The summed E-state index contributed by atoms with van der Waals surface area (Å²) >= 11 is 2.98. The van der Waals surface area contributed by atoms with Crippen LogP contribution in [0.15, 0.2) is 35.2 Å². The predicted molar refractivity (Wildman–Crippen MR) is 77.8 cm³/mol. The highest BCUT2D eigenvalue weighted by Crippen LogP contribution is 2.26. The Morgan fingerprint density at radius 1 is 1.32 bits per heavy atom. The van der Waals surface area contributed by atoms with Gasteiger partial charge in [-0.2, -0.15) is 0 Å². The molecule has 0 aliphatic heterocycles. The van der Waals surface area contributed by atoms with Gasteiger partial charge in [0.15, 0.2) is 0 Å². The Morgan fingerprint density at radius 2 is 2.16 bits per heavy atom. The molecule has 0 aliphatic carbocycles. The molecular formula is C14H11NO2S2. The Hall–Kier alpha value is -1.72. The standard InChI is InChI=1S/C14H11NO2S2/c1-9-13(19-8-15-9)14(16)17-6-10-7-18-12-5-3-2-4-11(10)12/h2-5,7-8H,6H2,1H3. The number of hydrogen-bond donors (Lipinski definition) is 0. The summed E-state index contributed by atoms with van der Waals surface area (Å²) in [6, 6.07) is 8.12. The smallest absolute Gasteiger partial charge is 0.350 e. The summed E-state index contributed by atoms with van der Waals surface area (Å²) in [4.78, 5) is 16.5. The highest BCUT2D eigenvalue weighted by atomic mass is 32.1. The van der Waals surface area contributed by atoms with E-state index in [1.165, 1.54) is 16.0 Å². The summed E-state index contributed by atoms with van der Waals surface area (Å²) in [5.74, 6) is -0.296. The molecule has 2 aromatic heterocycles. The van der Waals surface area contributed by atoms with Crippen molar-refractivity contribution >= 4 is 38.7 Å². The normalized spacial score (nSPS) is 10.8. The molecule has 3 aromatic rings. The predicted octanol–water partition coefficient (Wildman–Crippen LogP) is 4.02. The zero-order valence-corrected chi connectivity index (χ0v) is 11.9. The van der Waals surface area contributed by atoms with Crippen LogP contribution < -0.4 is 0 Å². The Morgan fingerprint density at radius 3 is 2.95 bits per heavy atom. The van der Waals surface area contributed by atoms with E-state index in [0.29, 0.717) is 11.5 Å². The van der Waals surface area contributed by atoms with E-state index in [4.69, 9.17) is 4.74 Å². The van der Waals surface area contributed by atoms with Crippen molar-refractivity contribution in [3.05, 3.63) is 51.3 Å². The lowest BCUT2D eigenvalue weighted by atomic mass is 10.2. The van der Waals surface area contributed by atoms with Crippen molar-refractivity contribution in [3.63, 3.8) is 0 Å². The number of nitrogens with zero attached hydrogens (tertiary/aromatic N) is 1. The second-order valence-corrected chi connectivity index (χ2v) is 5.87. The molecule has 96 valence electrons. The molecule has 1 aromatic carbocycles. The van der Waals surface area contributed by atoms with Gasteiger partial charge >= 0.3 is 5.97 Å². The number of rotatable bonds is 3. The number of fused-ring (bicyclic) bond motifs is 1. The van der Waals surface area contributed by atoms with Gasteiger partial charge in [-0.25, -0.2) is 9.78 Å². The Kier molecular flexibility index (Phi) is 3.31. The van der Waals surface area contributed by atoms with Crippen molar-refractivity contribution in [2.45, 2.75) is 13.5 Å². The first-order valence-electron chi connectivity index (χ1n) is 5.78. The summed E-state index contributed by atoms with van der Waals surface area (Å²) in [7, 11) is 0. The highest BCUT2D eigenvalue weighted by molar-refractivity contribution is 7.17. The zero-order valence-electron chi connectivity index (χ0n) is 10.3. The first kappa shape index (κ1) is 12.3. The van der Waals surface area contributed by atoms with Gasteiger partial charge in [-0.15, -0.1) is 22.7 Å². The maximum atomic E-state index is 11.9. The van der Waals surface area contributed by atoms with E-state index in [9.17, 15) is 4.79 Å². The summed E-state index contributed by atoms with van der Waals surface area (Å²) < 4.78 is 6.57. The van der Waals surface area contributed by atoms with Crippen molar-refractivity contribution in [2.75, 3.05) is 0 Å². The Labute approximate surface area is 118 Å². The van der Waals surface area contributed by atoms with Gasteiger partial charge in [-0.3, -0.25) is 0 Å². The summed E-state index contributed by atoms with van der Waals surface area (Å²) in [5.41, 5.74) is 3.44. The maximum Gasteiger partial charge on any atom is 0.350 e. The van der Waals surface area contributed by atoms with E-state index < -0.39 is 0 Å². The van der Waals surface area contributed by atoms with Crippen LogP contribution in [-0.2, 0) is 11.3 Å². The molecule has 2 heterocycles. The molecule has 0 atom stereocenters. The molecule has 0 aliphatic rings. The van der Waals surface area contributed by atoms with Crippen LogP contribution in [0.25, 0.3) is 10.1 Å². The number of thiazole rings is 1. The molecule has 0 N–H and O–H groups in total. The van der Waals surface area contributed by atoms with Crippen LogP contribution in [0.3, 0.4) is 0 Å². The number of carbonyl (C=O) groups is 1. The molecule has 3 rings (SSSR count). The summed E-state index contributed by atoms with van der Waals surface area (Å²) in [6.45, 7) is 2.12. The number of thiophene rings is 1. The first-order chi connectivity index (χ1) is 9.25. The van der Waals surface area contributed by atoms with Crippen LogP contribution in [0, 0.1) is 6.92 Å². The lowest BCUT2D eigenvalue weighted by Crippen LogP contribution is -2.04. The fourth-order valence-electron chi connectivity index (χ4n) is 1.85. The van der Waals surface area contributed by atoms with Crippen molar-refractivity contribution in [1.29, 1.82) is 0 Å². The third kappa shape index (κ3) is 2.39. The van der Waals surface area contributed by atoms with E-state index in [2.05, 4.69) is 11.1 Å².